The molecule has 2 aromatic heterocycles. The van der Waals surface area contributed by atoms with Gasteiger partial charge in [-0.3, -0.25) is 29.8 Å². The average Bonchev–Trinajstić information content (AvgIpc) is 3.31. The number of carbonyl (C=O) groups is 2. The van der Waals surface area contributed by atoms with Crippen molar-refractivity contribution in [3.8, 4) is 0 Å². The van der Waals surface area contributed by atoms with E-state index >= 15 is 0 Å². The highest BCUT2D eigenvalue weighted by atomic mass is 32.1. The smallest absolute Gasteiger partial charge is 0.326 e. The molecule has 0 bridgehead atoms. The first kappa shape index (κ1) is 22.0. The molecule has 2 heterocycles. The zero-order valence-corrected chi connectivity index (χ0v) is 17.6. The zero-order valence-electron chi connectivity index (χ0n) is 15.9. The summed E-state index contributed by atoms with van der Waals surface area (Å²) in [5.41, 5.74) is 0.363. The predicted octanol–water partition coefficient (Wildman–Crippen LogP) is 3.28. The quantitative estimate of drug-likeness (QED) is 0.226. The van der Waals surface area contributed by atoms with E-state index in [-0.39, 0.29) is 28.6 Å². The van der Waals surface area contributed by atoms with E-state index in [0.29, 0.717) is 15.1 Å². The molecule has 0 aliphatic rings. The van der Waals surface area contributed by atoms with E-state index in [2.05, 4.69) is 4.99 Å². The Bertz CT molecular complexity index is 1290. The Labute approximate surface area is 181 Å². The first-order valence-corrected chi connectivity index (χ1v) is 10.4. The van der Waals surface area contributed by atoms with Gasteiger partial charge in [0, 0.05) is 29.2 Å². The fraction of sp³-hybridized carbons (Fsp3) is 0.167. The van der Waals surface area contributed by atoms with Crippen molar-refractivity contribution >= 4 is 61.5 Å². The number of hydrogen-bond acceptors (Lipinski definition) is 9. The van der Waals surface area contributed by atoms with Gasteiger partial charge >= 0.3 is 11.0 Å². The number of carbonyl (C=O) groups excluding carboxylic acids is 2. The number of fused-ring (bicyclic) bond motifs is 1. The number of nitrogens with zero attached hydrogens (tertiary/aromatic N) is 4. The Balaban J connectivity index is 1.98. The minimum Gasteiger partial charge on any atom is -0.465 e. The molecule has 0 atom stereocenters. The van der Waals surface area contributed by atoms with Crippen LogP contribution in [0.25, 0.3) is 16.3 Å². The lowest BCUT2D eigenvalue weighted by Gasteiger charge is -2.04. The standard InChI is InChI=1S/C18H14N4O7S2/c1-2-29-17(24)10-20-13-6-3-11(21(25)26)9-14(13)31-18(20)19-15(23)7-4-12-5-8-16(30-12)22(27)28/h3-9H,2,10H2,1H3. The molecule has 31 heavy (non-hydrogen) atoms. The molecule has 0 fully saturated rings. The van der Waals surface area contributed by atoms with Crippen LogP contribution in [0.3, 0.4) is 0 Å². The summed E-state index contributed by atoms with van der Waals surface area (Å²) in [6.07, 6.45) is 2.55. The topological polar surface area (TPSA) is 147 Å². The van der Waals surface area contributed by atoms with Crippen molar-refractivity contribution in [2.45, 2.75) is 13.5 Å². The number of thiophene rings is 1. The molecular weight excluding hydrogens is 448 g/mol. The van der Waals surface area contributed by atoms with Gasteiger partial charge < -0.3 is 9.30 Å². The number of hydrogen-bond donors (Lipinski definition) is 0. The SMILES string of the molecule is CCOC(=O)Cn1c(=NC(=O)C=Cc2ccc([N+](=O)[O-])s2)sc2cc([N+](=O)[O-])ccc21. The minimum atomic E-state index is -0.658. The van der Waals surface area contributed by atoms with Crippen LogP contribution in [0.4, 0.5) is 10.7 Å². The Morgan fingerprint density at radius 2 is 1.94 bits per heavy atom. The number of aromatic nitrogens is 1. The molecule has 0 saturated heterocycles. The maximum absolute atomic E-state index is 12.3. The molecule has 0 unspecified atom stereocenters. The van der Waals surface area contributed by atoms with Gasteiger partial charge in [0.25, 0.3) is 11.6 Å². The third-order valence-corrected chi connectivity index (χ3v) is 5.90. The summed E-state index contributed by atoms with van der Waals surface area (Å²) in [5.74, 6) is -1.20. The second-order valence-corrected chi connectivity index (χ2v) is 8.00. The first-order chi connectivity index (χ1) is 14.8. The van der Waals surface area contributed by atoms with Gasteiger partial charge in [0.2, 0.25) is 0 Å². The van der Waals surface area contributed by atoms with Gasteiger partial charge in [-0.25, -0.2) is 0 Å². The normalized spacial score (nSPS) is 11.8. The minimum absolute atomic E-state index is 0.0533. The van der Waals surface area contributed by atoms with Crippen LogP contribution in [0.1, 0.15) is 11.8 Å². The Kier molecular flexibility index (Phi) is 6.67. The highest BCUT2D eigenvalue weighted by Gasteiger charge is 2.15. The Morgan fingerprint density at radius 1 is 1.16 bits per heavy atom. The number of benzene rings is 1. The molecule has 11 nitrogen and oxygen atoms in total. The van der Waals surface area contributed by atoms with E-state index in [4.69, 9.17) is 4.74 Å². The number of esters is 1. The lowest BCUT2D eigenvalue weighted by atomic mass is 10.3. The first-order valence-electron chi connectivity index (χ1n) is 8.73. The molecule has 0 aliphatic heterocycles. The third-order valence-electron chi connectivity index (χ3n) is 3.86. The van der Waals surface area contributed by atoms with E-state index in [9.17, 15) is 29.8 Å². The van der Waals surface area contributed by atoms with Gasteiger partial charge in [0.15, 0.2) is 4.80 Å². The van der Waals surface area contributed by atoms with E-state index < -0.39 is 21.7 Å². The second-order valence-electron chi connectivity index (χ2n) is 5.90. The average molecular weight is 462 g/mol. The summed E-state index contributed by atoms with van der Waals surface area (Å²) in [6.45, 7) is 1.61. The molecule has 3 aromatic rings. The Hall–Kier alpha value is -3.71. The summed E-state index contributed by atoms with van der Waals surface area (Å²) in [5, 5.41) is 21.7. The van der Waals surface area contributed by atoms with Crippen molar-refractivity contribution in [3.05, 3.63) is 66.3 Å². The number of non-ortho nitro benzene ring substituents is 1. The van der Waals surface area contributed by atoms with Crippen molar-refractivity contribution in [3.63, 3.8) is 0 Å². The number of ether oxygens (including phenoxy) is 1. The summed E-state index contributed by atoms with van der Waals surface area (Å²) in [4.78, 5) is 49.7. The van der Waals surface area contributed by atoms with Crippen molar-refractivity contribution in [2.24, 2.45) is 4.99 Å². The van der Waals surface area contributed by atoms with Gasteiger partial charge in [-0.2, -0.15) is 4.99 Å². The molecule has 3 rings (SSSR count). The second kappa shape index (κ2) is 9.40. The molecule has 0 aliphatic carbocycles. The van der Waals surface area contributed by atoms with Crippen LogP contribution in [-0.2, 0) is 20.9 Å². The highest BCUT2D eigenvalue weighted by Crippen LogP contribution is 2.25. The zero-order chi connectivity index (χ0) is 22.5. The summed E-state index contributed by atoms with van der Waals surface area (Å²) in [6, 6.07) is 6.95. The van der Waals surface area contributed by atoms with Crippen LogP contribution >= 0.6 is 22.7 Å². The number of nitro benzene ring substituents is 1. The molecule has 0 spiro atoms. The monoisotopic (exact) mass is 462 g/mol. The Morgan fingerprint density at radius 3 is 2.58 bits per heavy atom. The lowest BCUT2D eigenvalue weighted by molar-refractivity contribution is -0.384. The van der Waals surface area contributed by atoms with Gasteiger partial charge in [-0.15, -0.1) is 0 Å². The van der Waals surface area contributed by atoms with Gasteiger partial charge in [-0.05, 0) is 25.1 Å². The van der Waals surface area contributed by atoms with E-state index in [0.717, 1.165) is 28.7 Å². The molecule has 1 amide bonds. The number of nitro groups is 2. The van der Waals surface area contributed by atoms with Gasteiger partial charge in [0.1, 0.15) is 6.54 Å². The fourth-order valence-electron chi connectivity index (χ4n) is 2.56. The van der Waals surface area contributed by atoms with Crippen LogP contribution in [-0.4, -0.2) is 32.9 Å². The third kappa shape index (κ3) is 5.26. The maximum Gasteiger partial charge on any atom is 0.326 e. The highest BCUT2D eigenvalue weighted by molar-refractivity contribution is 7.16. The van der Waals surface area contributed by atoms with Crippen molar-refractivity contribution < 1.29 is 24.2 Å². The summed E-state index contributed by atoms with van der Waals surface area (Å²) in [7, 11) is 0. The molecule has 160 valence electrons. The van der Waals surface area contributed by atoms with E-state index in [1.165, 1.54) is 41.0 Å². The van der Waals surface area contributed by atoms with Crippen LogP contribution in [0, 0.1) is 20.2 Å². The van der Waals surface area contributed by atoms with Gasteiger partial charge in [-0.1, -0.05) is 22.7 Å². The van der Waals surface area contributed by atoms with E-state index in [1.807, 2.05) is 0 Å². The van der Waals surface area contributed by atoms with Crippen molar-refractivity contribution in [1.82, 2.24) is 4.57 Å². The van der Waals surface area contributed by atoms with Crippen LogP contribution < -0.4 is 4.80 Å². The molecule has 0 radical (unpaired) electrons. The fourth-order valence-corrected chi connectivity index (χ4v) is 4.36. The van der Waals surface area contributed by atoms with Crippen molar-refractivity contribution in [1.29, 1.82) is 0 Å². The van der Waals surface area contributed by atoms with Gasteiger partial charge in [0.05, 0.1) is 26.7 Å². The van der Waals surface area contributed by atoms with Crippen LogP contribution in [0.2, 0.25) is 0 Å². The summed E-state index contributed by atoms with van der Waals surface area (Å²) < 4.78 is 6.88. The van der Waals surface area contributed by atoms with E-state index in [1.54, 1.807) is 6.92 Å². The number of amides is 1. The molecule has 0 N–H and O–H groups in total. The molecule has 1 aromatic carbocycles. The number of thiazole rings is 1. The largest absolute Gasteiger partial charge is 0.465 e. The summed E-state index contributed by atoms with van der Waals surface area (Å²) >= 11 is 1.92. The van der Waals surface area contributed by atoms with Crippen LogP contribution in [0.15, 0.2) is 41.4 Å². The van der Waals surface area contributed by atoms with Crippen molar-refractivity contribution in [2.75, 3.05) is 6.61 Å². The molecular formula is C18H14N4O7S2. The molecule has 13 heteroatoms. The maximum atomic E-state index is 12.3. The lowest BCUT2D eigenvalue weighted by Crippen LogP contribution is -2.22. The predicted molar refractivity (Wildman–Crippen MR) is 114 cm³/mol. The van der Waals surface area contributed by atoms with Crippen LogP contribution in [0.5, 0.6) is 0 Å². The molecule has 0 saturated carbocycles. The number of rotatable bonds is 7.